The molecule has 33 heavy (non-hydrogen) atoms. The number of nitrogens with zero attached hydrogens (tertiary/aromatic N) is 2. The van der Waals surface area contributed by atoms with Crippen LogP contribution in [0.4, 0.5) is 0 Å². The Labute approximate surface area is 197 Å². The summed E-state index contributed by atoms with van der Waals surface area (Å²) < 4.78 is 25.3. The van der Waals surface area contributed by atoms with Crippen LogP contribution < -0.4 is 10.5 Å². The number of nitrogens with two attached hydrogens (primary N) is 1. The van der Waals surface area contributed by atoms with Crippen molar-refractivity contribution in [2.75, 3.05) is 5.75 Å². The zero-order valence-corrected chi connectivity index (χ0v) is 19.6. The molecule has 9 heteroatoms. The fraction of sp³-hybridized carbons (Fsp3) is 0.167. The van der Waals surface area contributed by atoms with Crippen LogP contribution in [-0.2, 0) is 21.4 Å². The van der Waals surface area contributed by atoms with Gasteiger partial charge in [-0.1, -0.05) is 72.4 Å². The molecule has 1 heterocycles. The number of aromatic nitrogens is 2. The summed E-state index contributed by atoms with van der Waals surface area (Å²) in [6.07, 6.45) is 0. The number of rotatable bonds is 8. The van der Waals surface area contributed by atoms with Gasteiger partial charge in [0.15, 0.2) is 5.16 Å². The van der Waals surface area contributed by atoms with Crippen LogP contribution in [0, 0.1) is 0 Å². The van der Waals surface area contributed by atoms with Gasteiger partial charge in [0.2, 0.25) is 15.9 Å². The number of primary sulfonamides is 1. The largest absolute Gasteiger partial charge is 0.344 e. The number of sulfonamides is 1. The van der Waals surface area contributed by atoms with Crippen molar-refractivity contribution in [3.63, 3.8) is 0 Å². The van der Waals surface area contributed by atoms with Gasteiger partial charge in [-0.05, 0) is 36.2 Å². The van der Waals surface area contributed by atoms with Gasteiger partial charge in [-0.15, -0.1) is 0 Å². The van der Waals surface area contributed by atoms with E-state index in [1.165, 1.54) is 23.9 Å². The third-order valence-electron chi connectivity index (χ3n) is 5.23. The Morgan fingerprint density at radius 3 is 2.18 bits per heavy atom. The van der Waals surface area contributed by atoms with Gasteiger partial charge < -0.3 is 9.88 Å². The molecule has 0 aliphatic heterocycles. The molecule has 3 aromatic carbocycles. The number of imidazole rings is 1. The molecule has 0 aliphatic rings. The second-order valence-corrected chi connectivity index (χ2v) is 9.95. The number of carbonyl (C=O) groups is 1. The van der Waals surface area contributed by atoms with Crippen molar-refractivity contribution in [3.05, 3.63) is 90.0 Å². The number of thioether (sulfide) groups is 1. The lowest BCUT2D eigenvalue weighted by molar-refractivity contribution is -0.119. The van der Waals surface area contributed by atoms with Crippen LogP contribution in [0.25, 0.3) is 11.0 Å². The van der Waals surface area contributed by atoms with Crippen molar-refractivity contribution >= 4 is 38.7 Å². The fourth-order valence-electron chi connectivity index (χ4n) is 3.66. The van der Waals surface area contributed by atoms with E-state index in [0.29, 0.717) is 17.2 Å². The average molecular weight is 481 g/mol. The van der Waals surface area contributed by atoms with E-state index in [9.17, 15) is 13.2 Å². The number of hydrogen-bond donors (Lipinski definition) is 2. The summed E-state index contributed by atoms with van der Waals surface area (Å²) >= 11 is 1.31. The number of nitrogens with one attached hydrogen (secondary N) is 1. The number of benzene rings is 3. The molecule has 170 valence electrons. The summed E-state index contributed by atoms with van der Waals surface area (Å²) in [5.74, 6) is 0.0410. The average Bonchev–Trinajstić information content (AvgIpc) is 3.18. The first-order valence-corrected chi connectivity index (χ1v) is 12.9. The molecule has 0 bridgehead atoms. The van der Waals surface area contributed by atoms with Crippen LogP contribution in [0.3, 0.4) is 0 Å². The Bertz CT molecular complexity index is 1330. The van der Waals surface area contributed by atoms with Crippen LogP contribution in [-0.4, -0.2) is 29.6 Å². The quantitative estimate of drug-likeness (QED) is 0.374. The number of hydrogen-bond acceptors (Lipinski definition) is 5. The minimum atomic E-state index is -3.82. The van der Waals surface area contributed by atoms with Crippen molar-refractivity contribution in [1.29, 1.82) is 0 Å². The third-order valence-corrected chi connectivity index (χ3v) is 7.12. The van der Waals surface area contributed by atoms with Crippen molar-refractivity contribution in [3.8, 4) is 0 Å². The lowest BCUT2D eigenvalue weighted by Gasteiger charge is -2.20. The van der Waals surface area contributed by atoms with E-state index in [-0.39, 0.29) is 22.6 Å². The molecule has 3 N–H and O–H groups in total. The highest BCUT2D eigenvalue weighted by Crippen LogP contribution is 2.27. The first-order chi connectivity index (χ1) is 15.9. The summed E-state index contributed by atoms with van der Waals surface area (Å²) in [4.78, 5) is 17.5. The first-order valence-electron chi connectivity index (χ1n) is 10.4. The van der Waals surface area contributed by atoms with E-state index >= 15 is 0 Å². The SMILES string of the molecule is CCn1c(SCC(=O)NC(c2ccccc2)c2ccccc2)nc2cc(S(N)(=O)=O)ccc21. The van der Waals surface area contributed by atoms with Crippen LogP contribution in [0.2, 0.25) is 0 Å². The minimum absolute atomic E-state index is 0.0126. The molecular weight excluding hydrogens is 456 g/mol. The van der Waals surface area contributed by atoms with Crippen LogP contribution >= 0.6 is 11.8 Å². The Morgan fingerprint density at radius 2 is 1.64 bits per heavy atom. The van der Waals surface area contributed by atoms with E-state index in [0.717, 1.165) is 16.6 Å². The topological polar surface area (TPSA) is 107 Å². The molecule has 7 nitrogen and oxygen atoms in total. The van der Waals surface area contributed by atoms with Gasteiger partial charge >= 0.3 is 0 Å². The molecule has 0 atom stereocenters. The maximum Gasteiger partial charge on any atom is 0.238 e. The predicted octanol–water partition coefficient (Wildman–Crippen LogP) is 3.70. The second kappa shape index (κ2) is 9.78. The Kier molecular flexibility index (Phi) is 6.83. The maximum absolute atomic E-state index is 12.9. The minimum Gasteiger partial charge on any atom is -0.344 e. The van der Waals surface area contributed by atoms with Gasteiger partial charge in [0, 0.05) is 6.54 Å². The highest BCUT2D eigenvalue weighted by Gasteiger charge is 2.19. The zero-order valence-electron chi connectivity index (χ0n) is 18.0. The van der Waals surface area contributed by atoms with Crippen molar-refractivity contribution in [1.82, 2.24) is 14.9 Å². The molecule has 4 rings (SSSR count). The van der Waals surface area contributed by atoms with E-state index in [1.54, 1.807) is 6.07 Å². The highest BCUT2D eigenvalue weighted by molar-refractivity contribution is 7.99. The molecule has 0 saturated heterocycles. The number of carbonyl (C=O) groups excluding carboxylic acids is 1. The molecule has 0 spiro atoms. The maximum atomic E-state index is 12.9. The molecule has 0 aliphatic carbocycles. The Morgan fingerprint density at radius 1 is 1.03 bits per heavy atom. The normalized spacial score (nSPS) is 11.7. The summed E-state index contributed by atoms with van der Waals surface area (Å²) in [6.45, 7) is 2.60. The van der Waals surface area contributed by atoms with Crippen LogP contribution in [0.1, 0.15) is 24.1 Å². The standard InChI is InChI=1S/C24H24N4O3S2/c1-2-28-21-14-13-19(33(25,30)31)15-20(21)26-24(28)32-16-22(29)27-23(17-9-5-3-6-10-17)18-11-7-4-8-12-18/h3-15,23H,2,16H2,1H3,(H,27,29)(H2,25,30,31). The number of amides is 1. The molecule has 1 amide bonds. The van der Waals surface area contributed by atoms with E-state index in [2.05, 4.69) is 10.3 Å². The molecule has 1 aromatic heterocycles. The van der Waals surface area contributed by atoms with Gasteiger partial charge in [0.25, 0.3) is 0 Å². The Hall–Kier alpha value is -3.14. The highest BCUT2D eigenvalue weighted by atomic mass is 32.2. The monoisotopic (exact) mass is 480 g/mol. The van der Waals surface area contributed by atoms with E-state index in [1.807, 2.05) is 72.2 Å². The molecule has 0 unspecified atom stereocenters. The van der Waals surface area contributed by atoms with Gasteiger partial charge in [0.1, 0.15) is 0 Å². The Balaban J connectivity index is 1.54. The lowest BCUT2D eigenvalue weighted by atomic mass is 9.99. The fourth-order valence-corrected chi connectivity index (χ4v) is 5.09. The van der Waals surface area contributed by atoms with Gasteiger partial charge in [0.05, 0.1) is 27.7 Å². The molecule has 0 saturated carbocycles. The first kappa shape index (κ1) is 23.0. The molecular formula is C24H24N4O3S2. The summed E-state index contributed by atoms with van der Waals surface area (Å²) in [7, 11) is -3.82. The lowest BCUT2D eigenvalue weighted by Crippen LogP contribution is -2.30. The third kappa shape index (κ3) is 5.27. The number of aryl methyl sites for hydroxylation is 1. The molecule has 0 radical (unpaired) electrons. The van der Waals surface area contributed by atoms with Crippen molar-refractivity contribution in [2.24, 2.45) is 5.14 Å². The van der Waals surface area contributed by atoms with Gasteiger partial charge in [-0.3, -0.25) is 4.79 Å². The summed E-state index contributed by atoms with van der Waals surface area (Å²) in [5.41, 5.74) is 3.31. The van der Waals surface area contributed by atoms with Crippen molar-refractivity contribution in [2.45, 2.75) is 29.6 Å². The smallest absolute Gasteiger partial charge is 0.238 e. The van der Waals surface area contributed by atoms with E-state index in [4.69, 9.17) is 5.14 Å². The van der Waals surface area contributed by atoms with E-state index < -0.39 is 10.0 Å². The second-order valence-electron chi connectivity index (χ2n) is 7.44. The van der Waals surface area contributed by atoms with Gasteiger partial charge in [-0.2, -0.15) is 0 Å². The van der Waals surface area contributed by atoms with Crippen molar-refractivity contribution < 1.29 is 13.2 Å². The number of fused-ring (bicyclic) bond motifs is 1. The van der Waals surface area contributed by atoms with Crippen LogP contribution in [0.15, 0.2) is 88.9 Å². The molecule has 4 aromatic rings. The summed E-state index contributed by atoms with van der Waals surface area (Å²) in [6, 6.07) is 24.0. The predicted molar refractivity (Wildman–Crippen MR) is 130 cm³/mol. The zero-order chi connectivity index (χ0) is 23.4. The molecule has 0 fully saturated rings. The van der Waals surface area contributed by atoms with Crippen LogP contribution in [0.5, 0.6) is 0 Å². The summed E-state index contributed by atoms with van der Waals surface area (Å²) in [5, 5.41) is 9.02. The van der Waals surface area contributed by atoms with Gasteiger partial charge in [-0.25, -0.2) is 18.5 Å².